The molecule has 3 aromatic carbocycles. The fourth-order valence-corrected chi connectivity index (χ4v) is 6.45. The van der Waals surface area contributed by atoms with Crippen LogP contribution in [0, 0.1) is 0 Å². The first-order chi connectivity index (χ1) is 23.1. The van der Waals surface area contributed by atoms with Crippen LogP contribution >= 0.6 is 11.8 Å². The second-order valence-corrected chi connectivity index (χ2v) is 12.3. The van der Waals surface area contributed by atoms with Crippen LogP contribution in [0.25, 0.3) is 11.1 Å². The molecule has 0 saturated heterocycles. The van der Waals surface area contributed by atoms with Crippen LogP contribution in [0.3, 0.4) is 0 Å². The smallest absolute Gasteiger partial charge is 0.328 e. The van der Waals surface area contributed by atoms with Crippen molar-refractivity contribution in [1.29, 1.82) is 0 Å². The maximum atomic E-state index is 13.9. The van der Waals surface area contributed by atoms with E-state index in [0.29, 0.717) is 53.4 Å². The lowest BCUT2D eigenvalue weighted by Crippen LogP contribution is -2.49. The summed E-state index contributed by atoms with van der Waals surface area (Å²) in [6, 6.07) is 13.9. The highest BCUT2D eigenvalue weighted by Crippen LogP contribution is 2.50. The minimum Gasteiger partial charge on any atom is -0.493 e. The lowest BCUT2D eigenvalue weighted by Gasteiger charge is -2.22. The Morgan fingerprint density at radius 2 is 1.67 bits per heavy atom. The summed E-state index contributed by atoms with van der Waals surface area (Å²) in [5.41, 5.74) is 3.57. The molecule has 4 rings (SSSR count). The molecule has 0 radical (unpaired) electrons. The van der Waals surface area contributed by atoms with Crippen molar-refractivity contribution in [1.82, 2.24) is 10.6 Å². The molecule has 0 fully saturated rings. The number of carbonyl (C=O) groups is 3. The number of hydrogen-bond acceptors (Lipinski definition) is 10. The Hall–Kier alpha value is -4.71. The summed E-state index contributed by atoms with van der Waals surface area (Å²) in [7, 11) is 5.89. The number of amides is 2. The minimum atomic E-state index is -0.924. The number of methoxy groups -OCH3 is 4. The molecule has 0 unspecified atom stereocenters. The van der Waals surface area contributed by atoms with Gasteiger partial charge in [-0.25, -0.2) is 4.79 Å². The van der Waals surface area contributed by atoms with Crippen molar-refractivity contribution in [2.45, 2.75) is 50.7 Å². The summed E-state index contributed by atoms with van der Waals surface area (Å²) in [5.74, 6) is 0.712. The molecule has 12 heteroatoms. The lowest BCUT2D eigenvalue weighted by molar-refractivity contribution is -0.145. The summed E-state index contributed by atoms with van der Waals surface area (Å²) in [5, 5.41) is 9.00. The third-order valence-corrected chi connectivity index (χ3v) is 8.90. The normalized spacial score (nSPS) is 14.6. The molecule has 2 amide bonds. The van der Waals surface area contributed by atoms with Crippen molar-refractivity contribution in [3.8, 4) is 28.4 Å². The van der Waals surface area contributed by atoms with Gasteiger partial charge in [0.05, 0.1) is 40.2 Å². The number of ether oxygens (including phenoxy) is 4. The summed E-state index contributed by atoms with van der Waals surface area (Å²) in [4.78, 5) is 52.7. The Morgan fingerprint density at radius 3 is 2.29 bits per heavy atom. The molecule has 0 spiro atoms. The molecule has 11 nitrogen and oxygen atoms in total. The van der Waals surface area contributed by atoms with Gasteiger partial charge in [-0.2, -0.15) is 11.8 Å². The summed E-state index contributed by atoms with van der Waals surface area (Å²) in [6.07, 6.45) is 3.63. The first kappa shape index (κ1) is 36.1. The topological polar surface area (TPSA) is 141 Å². The minimum absolute atomic E-state index is 0.185. The van der Waals surface area contributed by atoms with Gasteiger partial charge in [-0.1, -0.05) is 36.4 Å². The molecule has 0 bridgehead atoms. The number of fused-ring (bicyclic) bond motifs is 3. The van der Waals surface area contributed by atoms with Gasteiger partial charge in [-0.05, 0) is 71.7 Å². The molecular weight excluding hydrogens is 634 g/mol. The summed E-state index contributed by atoms with van der Waals surface area (Å²) >= 11 is 1.56. The van der Waals surface area contributed by atoms with Crippen molar-refractivity contribution in [3.63, 3.8) is 0 Å². The Kier molecular flexibility index (Phi) is 12.7. The maximum absolute atomic E-state index is 13.9. The third-order valence-electron chi connectivity index (χ3n) is 8.26. The molecule has 0 saturated carbocycles. The van der Waals surface area contributed by atoms with Gasteiger partial charge in [-0.3, -0.25) is 14.4 Å². The number of esters is 1. The van der Waals surface area contributed by atoms with E-state index in [1.807, 2.05) is 42.7 Å². The number of nitrogens with one attached hydrogen (secondary N) is 3. The SMILES string of the molecule is COC(=O)[C@@H](Cc1ccccc1)NC(=O)[C@@H](CCSC)Nc1ccc2c(cc1=O)[C@H](NC(C)=O)CCc1cc(OC)c(OC)c(OC)c1-2. The number of carbonyl (C=O) groups excluding carboxylic acids is 3. The van der Waals surface area contributed by atoms with E-state index in [0.717, 1.165) is 16.7 Å². The predicted octanol–water partition coefficient (Wildman–Crippen LogP) is 4.30. The fraction of sp³-hybridized carbons (Fsp3) is 0.389. The lowest BCUT2D eigenvalue weighted by atomic mass is 9.95. The average Bonchev–Trinajstić information content (AvgIpc) is 3.33. The maximum Gasteiger partial charge on any atom is 0.328 e. The predicted molar refractivity (Wildman–Crippen MR) is 187 cm³/mol. The number of thioether (sulfide) groups is 1. The van der Waals surface area contributed by atoms with Gasteiger partial charge in [0, 0.05) is 18.9 Å². The van der Waals surface area contributed by atoms with Gasteiger partial charge in [-0.15, -0.1) is 0 Å². The van der Waals surface area contributed by atoms with Crippen LogP contribution < -0.4 is 35.6 Å². The van der Waals surface area contributed by atoms with Crippen molar-refractivity contribution in [2.75, 3.05) is 45.8 Å². The number of rotatable bonds is 14. The Bertz CT molecular complexity index is 1680. The van der Waals surface area contributed by atoms with E-state index in [9.17, 15) is 19.2 Å². The van der Waals surface area contributed by atoms with Crippen molar-refractivity contribution in [2.24, 2.45) is 0 Å². The quantitative estimate of drug-likeness (QED) is 0.212. The number of anilines is 1. The van der Waals surface area contributed by atoms with Crippen LogP contribution in [0.5, 0.6) is 17.2 Å². The van der Waals surface area contributed by atoms with Gasteiger partial charge < -0.3 is 34.9 Å². The monoisotopic (exact) mass is 677 g/mol. The highest BCUT2D eigenvalue weighted by Gasteiger charge is 2.31. The molecular formula is C36H43N3O8S. The van der Waals surface area contributed by atoms with Crippen LogP contribution in [0.15, 0.2) is 59.4 Å². The first-order valence-electron chi connectivity index (χ1n) is 15.6. The van der Waals surface area contributed by atoms with Gasteiger partial charge in [0.15, 0.2) is 11.5 Å². The zero-order valence-corrected chi connectivity index (χ0v) is 29.0. The second-order valence-electron chi connectivity index (χ2n) is 11.3. The average molecular weight is 678 g/mol. The standard InChI is InChI=1S/C36H43N3O8S/c1-21(40)37-26-14-12-23-19-31(44-2)33(45-3)34(46-4)32(23)24-13-15-27(30(41)20-25(24)26)38-28(16-17-48-6)35(42)39-29(36(43)47-5)18-22-10-8-7-9-11-22/h7-11,13,15,19-20,26,28-29H,12,14,16-18H2,1-6H3,(H,37,40)(H,38,41)(H,39,42)/t26-,28-,29-/m1/s1. The van der Waals surface area contributed by atoms with Crippen LogP contribution in [-0.4, -0.2) is 70.3 Å². The molecule has 1 aliphatic rings. The molecule has 48 heavy (non-hydrogen) atoms. The zero-order chi connectivity index (χ0) is 34.8. The van der Waals surface area contributed by atoms with Gasteiger partial charge in [0.2, 0.25) is 23.0 Å². The molecule has 0 aromatic heterocycles. The molecule has 256 valence electrons. The van der Waals surface area contributed by atoms with E-state index >= 15 is 0 Å². The highest BCUT2D eigenvalue weighted by atomic mass is 32.2. The van der Waals surface area contributed by atoms with Gasteiger partial charge in [0.25, 0.3) is 0 Å². The van der Waals surface area contributed by atoms with Gasteiger partial charge >= 0.3 is 5.97 Å². The van der Waals surface area contributed by atoms with Crippen LogP contribution in [0.4, 0.5) is 5.69 Å². The number of hydrogen-bond donors (Lipinski definition) is 3. The molecule has 0 aliphatic heterocycles. The fourth-order valence-electron chi connectivity index (χ4n) is 5.98. The van der Waals surface area contributed by atoms with Gasteiger partial charge in [0.1, 0.15) is 12.1 Å². The molecule has 3 N–H and O–H groups in total. The molecule has 3 aromatic rings. The number of benzene rings is 2. The number of aryl methyl sites for hydroxylation is 1. The van der Waals surface area contributed by atoms with Crippen molar-refractivity contribution in [3.05, 3.63) is 81.5 Å². The van der Waals surface area contributed by atoms with Crippen LogP contribution in [-0.2, 0) is 32.0 Å². The summed E-state index contributed by atoms with van der Waals surface area (Å²) < 4.78 is 22.1. The Morgan fingerprint density at radius 1 is 0.938 bits per heavy atom. The first-order valence-corrected chi connectivity index (χ1v) is 17.0. The Balaban J connectivity index is 1.78. The van der Waals surface area contributed by atoms with E-state index in [1.165, 1.54) is 34.3 Å². The zero-order valence-electron chi connectivity index (χ0n) is 28.1. The van der Waals surface area contributed by atoms with E-state index in [-0.39, 0.29) is 23.4 Å². The van der Waals surface area contributed by atoms with Crippen molar-refractivity contribution < 1.29 is 33.3 Å². The van der Waals surface area contributed by atoms with E-state index in [2.05, 4.69) is 16.0 Å². The molecule has 3 atom stereocenters. The van der Waals surface area contributed by atoms with Crippen molar-refractivity contribution >= 4 is 35.2 Å². The molecule has 1 aliphatic carbocycles. The molecule has 0 heterocycles. The highest BCUT2D eigenvalue weighted by molar-refractivity contribution is 7.98. The Labute approximate surface area is 285 Å². The van der Waals surface area contributed by atoms with E-state index in [4.69, 9.17) is 18.9 Å². The van der Waals surface area contributed by atoms with E-state index < -0.39 is 30.0 Å². The third kappa shape index (κ3) is 8.41. The summed E-state index contributed by atoms with van der Waals surface area (Å²) in [6.45, 7) is 1.44. The van der Waals surface area contributed by atoms with E-state index in [1.54, 1.807) is 31.0 Å². The second kappa shape index (κ2) is 16.9. The van der Waals surface area contributed by atoms with Crippen LogP contribution in [0.1, 0.15) is 42.5 Å². The largest absolute Gasteiger partial charge is 0.493 e. The van der Waals surface area contributed by atoms with Crippen LogP contribution in [0.2, 0.25) is 0 Å².